The number of alkyl halides is 3. The highest BCUT2D eigenvalue weighted by atomic mass is 19.4. The number of furan rings is 1. The van der Waals surface area contributed by atoms with E-state index in [9.17, 15) is 13.2 Å². The molecule has 1 unspecified atom stereocenters. The van der Waals surface area contributed by atoms with Gasteiger partial charge in [-0.25, -0.2) is 0 Å². The number of likely N-dealkylation sites (N-methyl/N-ethyl adjacent to an activating group) is 1. The summed E-state index contributed by atoms with van der Waals surface area (Å²) in [4.78, 5) is 0. The number of rotatable bonds is 4. The fourth-order valence-corrected chi connectivity index (χ4v) is 2.13. The molecule has 5 heteroatoms. The van der Waals surface area contributed by atoms with Gasteiger partial charge >= 0.3 is 6.18 Å². The van der Waals surface area contributed by atoms with Gasteiger partial charge in [-0.2, -0.15) is 13.2 Å². The zero-order valence-electron chi connectivity index (χ0n) is 11.3. The first kappa shape index (κ1) is 14.7. The van der Waals surface area contributed by atoms with Crippen LogP contribution in [0.5, 0.6) is 0 Å². The van der Waals surface area contributed by atoms with Crippen molar-refractivity contribution in [3.63, 3.8) is 0 Å². The third kappa shape index (κ3) is 3.22. The average molecular weight is 283 g/mol. The minimum Gasteiger partial charge on any atom is -0.467 e. The second kappa shape index (κ2) is 5.71. The van der Waals surface area contributed by atoms with Gasteiger partial charge in [-0.1, -0.05) is 12.1 Å². The largest absolute Gasteiger partial charge is 0.467 e. The summed E-state index contributed by atoms with van der Waals surface area (Å²) >= 11 is 0. The van der Waals surface area contributed by atoms with Gasteiger partial charge in [0.15, 0.2) is 0 Å². The Hall–Kier alpha value is -1.75. The first-order valence-corrected chi connectivity index (χ1v) is 6.29. The van der Waals surface area contributed by atoms with Crippen molar-refractivity contribution in [1.29, 1.82) is 0 Å². The normalized spacial score (nSPS) is 13.4. The Kier molecular flexibility index (Phi) is 4.18. The summed E-state index contributed by atoms with van der Waals surface area (Å²) in [6, 6.07) is 7.04. The molecule has 1 atom stereocenters. The third-order valence-corrected chi connectivity index (χ3v) is 3.29. The maximum absolute atomic E-state index is 12.5. The molecule has 2 aromatic rings. The molecule has 0 saturated heterocycles. The predicted molar refractivity (Wildman–Crippen MR) is 70.4 cm³/mol. The lowest BCUT2D eigenvalue weighted by molar-refractivity contribution is -0.137. The van der Waals surface area contributed by atoms with Crippen molar-refractivity contribution in [3.8, 4) is 0 Å². The molecular formula is C15H16F3NO. The minimum atomic E-state index is -4.29. The summed E-state index contributed by atoms with van der Waals surface area (Å²) < 4.78 is 42.9. The van der Waals surface area contributed by atoms with Crippen LogP contribution in [0.4, 0.5) is 13.2 Å². The molecule has 1 aromatic carbocycles. The Morgan fingerprint density at radius 2 is 1.80 bits per heavy atom. The molecule has 0 aliphatic carbocycles. The molecule has 0 amide bonds. The van der Waals surface area contributed by atoms with Crippen LogP contribution in [0.2, 0.25) is 0 Å². The van der Waals surface area contributed by atoms with Gasteiger partial charge in [0.2, 0.25) is 0 Å². The molecule has 0 aliphatic heterocycles. The van der Waals surface area contributed by atoms with Gasteiger partial charge in [0.05, 0.1) is 17.9 Å². The second-order valence-corrected chi connectivity index (χ2v) is 4.71. The van der Waals surface area contributed by atoms with E-state index >= 15 is 0 Å². The van der Waals surface area contributed by atoms with Crippen molar-refractivity contribution in [2.75, 3.05) is 7.05 Å². The van der Waals surface area contributed by atoms with Gasteiger partial charge < -0.3 is 9.73 Å². The van der Waals surface area contributed by atoms with Gasteiger partial charge in [0.1, 0.15) is 5.76 Å². The minimum absolute atomic E-state index is 0.0539. The number of hydrogen-bond acceptors (Lipinski definition) is 2. The molecule has 0 radical (unpaired) electrons. The Labute approximate surface area is 115 Å². The van der Waals surface area contributed by atoms with E-state index in [-0.39, 0.29) is 6.04 Å². The van der Waals surface area contributed by atoms with Gasteiger partial charge in [-0.15, -0.1) is 0 Å². The summed E-state index contributed by atoms with van der Waals surface area (Å²) in [5, 5.41) is 3.12. The van der Waals surface area contributed by atoms with Gasteiger partial charge in [0.25, 0.3) is 0 Å². The number of hydrogen-bond donors (Lipinski definition) is 1. The summed E-state index contributed by atoms with van der Waals surface area (Å²) in [5.74, 6) is 0.812. The summed E-state index contributed by atoms with van der Waals surface area (Å²) in [5.41, 5.74) is 1.22. The van der Waals surface area contributed by atoms with Gasteiger partial charge in [-0.3, -0.25) is 0 Å². The zero-order valence-corrected chi connectivity index (χ0v) is 11.3. The van der Waals surface area contributed by atoms with E-state index in [4.69, 9.17) is 4.42 Å². The highest BCUT2D eigenvalue weighted by Gasteiger charge is 2.30. The lowest BCUT2D eigenvalue weighted by atomic mass is 10.0. The van der Waals surface area contributed by atoms with E-state index in [2.05, 4.69) is 5.32 Å². The quantitative estimate of drug-likeness (QED) is 0.913. The highest BCUT2D eigenvalue weighted by Crippen LogP contribution is 2.30. The van der Waals surface area contributed by atoms with Crippen LogP contribution in [0.15, 0.2) is 41.0 Å². The van der Waals surface area contributed by atoms with E-state index in [0.717, 1.165) is 29.0 Å². The second-order valence-electron chi connectivity index (χ2n) is 4.71. The van der Waals surface area contributed by atoms with E-state index in [1.807, 2.05) is 13.0 Å². The van der Waals surface area contributed by atoms with Crippen LogP contribution in [0.1, 0.15) is 28.5 Å². The van der Waals surface area contributed by atoms with Crippen molar-refractivity contribution >= 4 is 0 Å². The molecule has 20 heavy (non-hydrogen) atoms. The van der Waals surface area contributed by atoms with Crippen LogP contribution in [-0.2, 0) is 12.6 Å². The smallest absolute Gasteiger partial charge is 0.416 e. The van der Waals surface area contributed by atoms with Crippen molar-refractivity contribution in [2.45, 2.75) is 25.6 Å². The standard InChI is InChI=1S/C15H16F3NO/c1-10-7-8-20-14(10)13(19-2)9-11-3-5-12(6-4-11)15(16,17)18/h3-8,13,19H,9H2,1-2H3. The summed E-state index contributed by atoms with van der Waals surface area (Å²) in [6.45, 7) is 1.94. The monoisotopic (exact) mass is 283 g/mol. The summed E-state index contributed by atoms with van der Waals surface area (Å²) in [6.07, 6.45) is -2.11. The highest BCUT2D eigenvalue weighted by molar-refractivity contribution is 5.27. The van der Waals surface area contributed by atoms with Crippen molar-refractivity contribution < 1.29 is 17.6 Å². The molecular weight excluding hydrogens is 267 g/mol. The van der Waals surface area contributed by atoms with Gasteiger partial charge in [0, 0.05) is 0 Å². The Bertz CT molecular complexity index is 557. The van der Waals surface area contributed by atoms with Gasteiger partial charge in [-0.05, 0) is 49.7 Å². The van der Waals surface area contributed by atoms with Crippen LogP contribution in [-0.4, -0.2) is 7.05 Å². The molecule has 0 bridgehead atoms. The fourth-order valence-electron chi connectivity index (χ4n) is 2.13. The molecule has 0 fully saturated rings. The molecule has 2 rings (SSSR count). The maximum atomic E-state index is 12.5. The molecule has 2 nitrogen and oxygen atoms in total. The first-order chi connectivity index (χ1) is 9.41. The molecule has 1 aromatic heterocycles. The molecule has 1 N–H and O–H groups in total. The molecule has 0 spiro atoms. The first-order valence-electron chi connectivity index (χ1n) is 6.29. The lowest BCUT2D eigenvalue weighted by Gasteiger charge is -2.15. The topological polar surface area (TPSA) is 25.2 Å². The van der Waals surface area contributed by atoms with Crippen LogP contribution in [0, 0.1) is 6.92 Å². The van der Waals surface area contributed by atoms with Crippen molar-refractivity contribution in [2.24, 2.45) is 0 Å². The average Bonchev–Trinajstić information content (AvgIpc) is 2.82. The molecule has 0 aliphatic rings. The SMILES string of the molecule is CNC(Cc1ccc(C(F)(F)F)cc1)c1occc1C. The Morgan fingerprint density at radius 1 is 1.15 bits per heavy atom. The van der Waals surface area contributed by atoms with E-state index < -0.39 is 11.7 Å². The number of aryl methyl sites for hydroxylation is 1. The van der Waals surface area contributed by atoms with E-state index in [1.165, 1.54) is 12.1 Å². The molecule has 1 heterocycles. The van der Waals surface area contributed by atoms with Crippen LogP contribution in [0.25, 0.3) is 0 Å². The predicted octanol–water partition coefficient (Wildman–Crippen LogP) is 4.11. The lowest BCUT2D eigenvalue weighted by Crippen LogP contribution is -2.19. The van der Waals surface area contributed by atoms with Crippen molar-refractivity contribution in [3.05, 3.63) is 59.0 Å². The number of halogens is 3. The van der Waals surface area contributed by atoms with E-state index in [0.29, 0.717) is 6.42 Å². The van der Waals surface area contributed by atoms with Crippen LogP contribution >= 0.6 is 0 Å². The Balaban J connectivity index is 2.15. The molecule has 0 saturated carbocycles. The fraction of sp³-hybridized carbons (Fsp3) is 0.333. The van der Waals surface area contributed by atoms with E-state index in [1.54, 1.807) is 13.3 Å². The van der Waals surface area contributed by atoms with Crippen LogP contribution in [0.3, 0.4) is 0 Å². The van der Waals surface area contributed by atoms with Crippen LogP contribution < -0.4 is 5.32 Å². The summed E-state index contributed by atoms with van der Waals surface area (Å²) in [7, 11) is 1.80. The number of nitrogens with one attached hydrogen (secondary N) is 1. The third-order valence-electron chi connectivity index (χ3n) is 3.29. The Morgan fingerprint density at radius 3 is 2.25 bits per heavy atom. The maximum Gasteiger partial charge on any atom is 0.416 e. The number of benzene rings is 1. The zero-order chi connectivity index (χ0) is 14.8. The van der Waals surface area contributed by atoms with Crippen molar-refractivity contribution in [1.82, 2.24) is 5.32 Å². The molecule has 108 valence electrons.